The number of aryl methyl sites for hydroxylation is 2. The molecule has 26 heavy (non-hydrogen) atoms. The Labute approximate surface area is 152 Å². The van der Waals surface area contributed by atoms with E-state index in [2.05, 4.69) is 10.1 Å². The van der Waals surface area contributed by atoms with Crippen molar-refractivity contribution in [3.05, 3.63) is 23.0 Å². The lowest BCUT2D eigenvalue weighted by Crippen LogP contribution is -2.53. The molecule has 2 aromatic rings. The van der Waals surface area contributed by atoms with Crippen LogP contribution in [0.1, 0.15) is 47.4 Å². The molecule has 2 aromatic heterocycles. The first-order valence-corrected chi connectivity index (χ1v) is 9.11. The highest BCUT2D eigenvalue weighted by atomic mass is 16.5. The Balaban J connectivity index is 1.74. The zero-order valence-electron chi connectivity index (χ0n) is 15.7. The van der Waals surface area contributed by atoms with Crippen molar-refractivity contribution < 1.29 is 18.8 Å². The van der Waals surface area contributed by atoms with Gasteiger partial charge in [-0.15, -0.1) is 0 Å². The largest absolute Gasteiger partial charge is 0.381 e. The van der Waals surface area contributed by atoms with Crippen LogP contribution in [0.25, 0.3) is 11.1 Å². The van der Waals surface area contributed by atoms with Gasteiger partial charge in [-0.1, -0.05) is 5.16 Å². The van der Waals surface area contributed by atoms with Gasteiger partial charge < -0.3 is 18.9 Å². The topological polar surface area (TPSA) is 77.7 Å². The van der Waals surface area contributed by atoms with Crippen molar-refractivity contribution in [3.8, 4) is 0 Å². The summed E-state index contributed by atoms with van der Waals surface area (Å²) in [5.41, 5.74) is 2.19. The molecule has 0 spiro atoms. The van der Waals surface area contributed by atoms with E-state index in [4.69, 9.17) is 14.0 Å². The van der Waals surface area contributed by atoms with Crippen molar-refractivity contribution in [2.45, 2.75) is 57.3 Å². The molecule has 0 N–H and O–H groups in total. The van der Waals surface area contributed by atoms with Crippen LogP contribution < -0.4 is 0 Å². The summed E-state index contributed by atoms with van der Waals surface area (Å²) in [6.45, 7) is 4.38. The number of hydrogen-bond donors (Lipinski definition) is 0. The van der Waals surface area contributed by atoms with Gasteiger partial charge in [-0.25, -0.2) is 4.98 Å². The number of methoxy groups -OCH3 is 2. The van der Waals surface area contributed by atoms with Crippen LogP contribution >= 0.6 is 0 Å². The van der Waals surface area contributed by atoms with E-state index in [1.807, 2.05) is 24.8 Å². The standard InChI is InChI=1S/C19H25N3O4/c1-11-9-14(16-12(2)21-26-17(16)20-11)18(23)22-8-7-19(25-4)6-5-13(24-3)10-15(19)22/h9,13,15H,5-8,10H2,1-4H3/t13-,15-,19+/m0/s1. The first kappa shape index (κ1) is 17.4. The molecule has 7 nitrogen and oxygen atoms in total. The summed E-state index contributed by atoms with van der Waals surface area (Å²) < 4.78 is 16.8. The Kier molecular flexibility index (Phi) is 4.23. The highest BCUT2D eigenvalue weighted by Gasteiger charge is 2.52. The fourth-order valence-electron chi connectivity index (χ4n) is 4.66. The van der Waals surface area contributed by atoms with E-state index in [0.29, 0.717) is 28.9 Å². The van der Waals surface area contributed by atoms with Crippen LogP contribution in [0.2, 0.25) is 0 Å². The minimum Gasteiger partial charge on any atom is -0.381 e. The maximum Gasteiger partial charge on any atom is 0.258 e. The average Bonchev–Trinajstić information content (AvgIpc) is 3.21. The molecule has 4 rings (SSSR count). The molecule has 7 heteroatoms. The van der Waals surface area contributed by atoms with E-state index < -0.39 is 0 Å². The predicted molar refractivity (Wildman–Crippen MR) is 95.1 cm³/mol. The summed E-state index contributed by atoms with van der Waals surface area (Å²) in [6, 6.07) is 1.85. The Morgan fingerprint density at radius 3 is 2.88 bits per heavy atom. The van der Waals surface area contributed by atoms with Gasteiger partial charge in [0, 0.05) is 26.5 Å². The van der Waals surface area contributed by atoms with E-state index in [9.17, 15) is 4.79 Å². The lowest BCUT2D eigenvalue weighted by molar-refractivity contribution is -0.0893. The summed E-state index contributed by atoms with van der Waals surface area (Å²) in [5, 5.41) is 4.69. The predicted octanol–water partition coefficient (Wildman–Crippen LogP) is 2.64. The lowest BCUT2D eigenvalue weighted by atomic mass is 9.79. The van der Waals surface area contributed by atoms with Crippen LogP contribution in [0, 0.1) is 13.8 Å². The van der Waals surface area contributed by atoms with Crippen molar-refractivity contribution in [2.75, 3.05) is 20.8 Å². The van der Waals surface area contributed by atoms with Gasteiger partial charge in [-0.3, -0.25) is 4.79 Å². The molecule has 1 aliphatic heterocycles. The molecule has 1 aliphatic carbocycles. The van der Waals surface area contributed by atoms with Crippen molar-refractivity contribution >= 4 is 17.0 Å². The number of ether oxygens (including phenoxy) is 2. The van der Waals surface area contributed by atoms with Crippen molar-refractivity contribution in [1.82, 2.24) is 15.0 Å². The van der Waals surface area contributed by atoms with Gasteiger partial charge >= 0.3 is 0 Å². The fraction of sp³-hybridized carbons (Fsp3) is 0.632. The monoisotopic (exact) mass is 359 g/mol. The van der Waals surface area contributed by atoms with E-state index >= 15 is 0 Å². The molecule has 1 saturated heterocycles. The minimum absolute atomic E-state index is 0.00696. The van der Waals surface area contributed by atoms with Crippen molar-refractivity contribution in [1.29, 1.82) is 0 Å². The van der Waals surface area contributed by atoms with Crippen LogP contribution in [-0.4, -0.2) is 59.5 Å². The Bertz CT molecular complexity index is 849. The number of aromatic nitrogens is 2. The first-order chi connectivity index (χ1) is 12.5. The van der Waals surface area contributed by atoms with Crippen LogP contribution in [0.15, 0.2) is 10.6 Å². The second-order valence-electron chi connectivity index (χ2n) is 7.42. The zero-order valence-corrected chi connectivity index (χ0v) is 15.7. The third kappa shape index (κ3) is 2.53. The maximum absolute atomic E-state index is 13.5. The molecule has 140 valence electrons. The summed E-state index contributed by atoms with van der Waals surface area (Å²) >= 11 is 0. The number of rotatable bonds is 3. The molecule has 0 radical (unpaired) electrons. The molecular formula is C19H25N3O4. The van der Waals surface area contributed by atoms with Gasteiger partial charge in [0.25, 0.3) is 11.6 Å². The number of pyridine rings is 1. The van der Waals surface area contributed by atoms with Crippen LogP contribution in [-0.2, 0) is 9.47 Å². The molecule has 1 saturated carbocycles. The number of fused-ring (bicyclic) bond motifs is 2. The number of amides is 1. The van der Waals surface area contributed by atoms with Crippen LogP contribution in [0.5, 0.6) is 0 Å². The van der Waals surface area contributed by atoms with Crippen LogP contribution in [0.3, 0.4) is 0 Å². The molecule has 0 unspecified atom stereocenters. The number of nitrogens with zero attached hydrogens (tertiary/aromatic N) is 3. The number of likely N-dealkylation sites (tertiary alicyclic amines) is 1. The Morgan fingerprint density at radius 1 is 1.35 bits per heavy atom. The van der Waals surface area contributed by atoms with Gasteiger partial charge in [-0.05, 0) is 45.6 Å². The van der Waals surface area contributed by atoms with Crippen LogP contribution in [0.4, 0.5) is 0 Å². The molecule has 0 aromatic carbocycles. The SMILES string of the molecule is CO[C@H]1CC[C@@]2(OC)CCN(C(=O)c3cc(C)nc4onc(C)c34)[C@H]2C1. The summed E-state index contributed by atoms with van der Waals surface area (Å²) in [4.78, 5) is 19.8. The van der Waals surface area contributed by atoms with E-state index in [1.165, 1.54) is 0 Å². The maximum atomic E-state index is 13.5. The lowest BCUT2D eigenvalue weighted by Gasteiger charge is -2.43. The first-order valence-electron chi connectivity index (χ1n) is 9.11. The molecule has 1 amide bonds. The highest BCUT2D eigenvalue weighted by Crippen LogP contribution is 2.44. The van der Waals surface area contributed by atoms with E-state index in [-0.39, 0.29) is 23.7 Å². The molecule has 0 bridgehead atoms. The summed E-state index contributed by atoms with van der Waals surface area (Å²) in [6.07, 6.45) is 3.69. The van der Waals surface area contributed by atoms with Gasteiger partial charge in [0.1, 0.15) is 0 Å². The third-order valence-corrected chi connectivity index (χ3v) is 6.11. The van der Waals surface area contributed by atoms with E-state index in [0.717, 1.165) is 31.4 Å². The minimum atomic E-state index is -0.268. The van der Waals surface area contributed by atoms with E-state index in [1.54, 1.807) is 14.2 Å². The molecule has 2 fully saturated rings. The second-order valence-corrected chi connectivity index (χ2v) is 7.42. The smallest absolute Gasteiger partial charge is 0.258 e. The number of carbonyl (C=O) groups excluding carboxylic acids is 1. The van der Waals surface area contributed by atoms with Gasteiger partial charge in [0.05, 0.1) is 34.4 Å². The number of carbonyl (C=O) groups is 1. The Morgan fingerprint density at radius 2 is 2.15 bits per heavy atom. The van der Waals surface area contributed by atoms with Crippen molar-refractivity contribution in [2.24, 2.45) is 0 Å². The second kappa shape index (κ2) is 6.32. The molecular weight excluding hydrogens is 334 g/mol. The molecule has 2 aliphatic rings. The quantitative estimate of drug-likeness (QED) is 0.838. The third-order valence-electron chi connectivity index (χ3n) is 6.11. The van der Waals surface area contributed by atoms with Gasteiger partial charge in [-0.2, -0.15) is 0 Å². The van der Waals surface area contributed by atoms with Gasteiger partial charge in [0.2, 0.25) is 0 Å². The summed E-state index contributed by atoms with van der Waals surface area (Å²) in [5.74, 6) is -0.00696. The van der Waals surface area contributed by atoms with Gasteiger partial charge in [0.15, 0.2) is 0 Å². The fourth-order valence-corrected chi connectivity index (χ4v) is 4.66. The average molecular weight is 359 g/mol. The number of hydrogen-bond acceptors (Lipinski definition) is 6. The molecule has 3 atom stereocenters. The highest BCUT2D eigenvalue weighted by molar-refractivity contribution is 6.06. The van der Waals surface area contributed by atoms with Crippen molar-refractivity contribution in [3.63, 3.8) is 0 Å². The Hall–Kier alpha value is -1.99. The normalized spacial score (nSPS) is 28.5. The summed E-state index contributed by atoms with van der Waals surface area (Å²) in [7, 11) is 3.49. The molecule has 3 heterocycles. The zero-order chi connectivity index (χ0) is 18.5.